The summed E-state index contributed by atoms with van der Waals surface area (Å²) in [4.78, 5) is 24.5. The quantitative estimate of drug-likeness (QED) is 0.594. The van der Waals surface area contributed by atoms with Crippen LogP contribution in [0.3, 0.4) is 0 Å². The molecule has 0 radical (unpaired) electrons. The fourth-order valence-corrected chi connectivity index (χ4v) is 3.53. The number of hydrogen-bond acceptors (Lipinski definition) is 4. The van der Waals surface area contributed by atoms with Gasteiger partial charge < -0.3 is 19.8 Å². The Hall–Kier alpha value is -3.54. The molecule has 1 saturated carbocycles. The molecule has 0 unspecified atom stereocenters. The summed E-state index contributed by atoms with van der Waals surface area (Å²) in [5.74, 6) is 0.570. The first-order valence-corrected chi connectivity index (χ1v) is 10.2. The predicted octanol–water partition coefficient (Wildman–Crippen LogP) is 4.78. The third-order valence-electron chi connectivity index (χ3n) is 5.10. The fourth-order valence-electron chi connectivity index (χ4n) is 3.53. The molecule has 2 N–H and O–H groups in total. The molecule has 154 valence electrons. The molecule has 1 aromatic heterocycles. The number of ether oxygens (including phenoxy) is 1. The van der Waals surface area contributed by atoms with Gasteiger partial charge in [-0.3, -0.25) is 9.59 Å². The Morgan fingerprint density at radius 1 is 0.967 bits per heavy atom. The number of hydrogen-bond donors (Lipinski definition) is 2. The smallest absolute Gasteiger partial charge is 0.291 e. The summed E-state index contributed by atoms with van der Waals surface area (Å²) in [6, 6.07) is 17.8. The van der Waals surface area contributed by atoms with Gasteiger partial charge in [-0.2, -0.15) is 0 Å². The Balaban J connectivity index is 1.30. The molecular weight excluding hydrogens is 380 g/mol. The molecule has 0 aliphatic heterocycles. The predicted molar refractivity (Wildman–Crippen MR) is 114 cm³/mol. The van der Waals surface area contributed by atoms with Crippen molar-refractivity contribution < 1.29 is 18.7 Å². The molecule has 0 atom stereocenters. The maximum atomic E-state index is 12.5. The summed E-state index contributed by atoms with van der Waals surface area (Å²) in [6.07, 6.45) is 6.39. The lowest BCUT2D eigenvalue weighted by atomic mass is 10.1. The molecule has 2 amide bonds. The van der Waals surface area contributed by atoms with Crippen LogP contribution in [0.4, 0.5) is 5.69 Å². The van der Waals surface area contributed by atoms with Crippen LogP contribution in [0.2, 0.25) is 0 Å². The van der Waals surface area contributed by atoms with Gasteiger partial charge in [-0.05, 0) is 79.8 Å². The third-order valence-corrected chi connectivity index (χ3v) is 5.10. The largest absolute Gasteiger partial charge is 0.490 e. The number of carbonyl (C=O) groups is 2. The second-order valence-electron chi connectivity index (χ2n) is 7.36. The van der Waals surface area contributed by atoms with E-state index in [1.54, 1.807) is 30.3 Å². The molecule has 0 saturated heterocycles. The standard InChI is InChI=1S/C24H24N2O4/c27-23(18-10-12-21(13-11-18)30-20-7-1-2-8-20)25-16-17-5-3-6-19(15-17)26-24(28)22-9-4-14-29-22/h3-6,9-15,20H,1-2,7-8,16H2,(H,25,27)(H,26,28). The lowest BCUT2D eigenvalue weighted by Gasteiger charge is -2.13. The maximum Gasteiger partial charge on any atom is 0.291 e. The van der Waals surface area contributed by atoms with Crippen molar-refractivity contribution in [1.82, 2.24) is 5.32 Å². The van der Waals surface area contributed by atoms with Crippen LogP contribution in [0.5, 0.6) is 5.75 Å². The zero-order chi connectivity index (χ0) is 20.8. The van der Waals surface area contributed by atoms with Crippen molar-refractivity contribution in [1.29, 1.82) is 0 Å². The second kappa shape index (κ2) is 9.31. The van der Waals surface area contributed by atoms with Gasteiger partial charge in [0.15, 0.2) is 5.76 Å². The molecule has 2 aromatic carbocycles. The van der Waals surface area contributed by atoms with Gasteiger partial charge in [0.2, 0.25) is 0 Å². The summed E-state index contributed by atoms with van der Waals surface area (Å²) in [5, 5.41) is 5.69. The SMILES string of the molecule is O=C(NCc1cccc(NC(=O)c2ccco2)c1)c1ccc(OC2CCCC2)cc1. The molecule has 6 nitrogen and oxygen atoms in total. The first-order chi connectivity index (χ1) is 14.7. The third kappa shape index (κ3) is 5.08. The van der Waals surface area contributed by atoms with E-state index in [1.165, 1.54) is 19.1 Å². The Kier molecular flexibility index (Phi) is 6.13. The Morgan fingerprint density at radius 3 is 2.50 bits per heavy atom. The highest BCUT2D eigenvalue weighted by Gasteiger charge is 2.16. The Labute approximate surface area is 175 Å². The van der Waals surface area contributed by atoms with Crippen molar-refractivity contribution in [2.45, 2.75) is 38.3 Å². The molecule has 1 heterocycles. The van der Waals surface area contributed by atoms with Crippen LogP contribution in [0.25, 0.3) is 0 Å². The van der Waals surface area contributed by atoms with Gasteiger partial charge in [-0.1, -0.05) is 12.1 Å². The van der Waals surface area contributed by atoms with Crippen molar-refractivity contribution >= 4 is 17.5 Å². The van der Waals surface area contributed by atoms with Gasteiger partial charge in [0.25, 0.3) is 11.8 Å². The number of benzene rings is 2. The van der Waals surface area contributed by atoms with E-state index in [-0.39, 0.29) is 17.6 Å². The van der Waals surface area contributed by atoms with Crippen LogP contribution in [-0.4, -0.2) is 17.9 Å². The fraction of sp³-hybridized carbons (Fsp3) is 0.250. The zero-order valence-corrected chi connectivity index (χ0v) is 16.6. The van der Waals surface area contributed by atoms with Gasteiger partial charge in [-0.25, -0.2) is 0 Å². The van der Waals surface area contributed by atoms with Crippen molar-refractivity contribution in [3.63, 3.8) is 0 Å². The molecule has 1 aliphatic carbocycles. The van der Waals surface area contributed by atoms with Crippen molar-refractivity contribution in [3.05, 3.63) is 83.8 Å². The van der Waals surface area contributed by atoms with E-state index in [0.29, 0.717) is 23.9 Å². The number of amides is 2. The van der Waals surface area contributed by atoms with E-state index >= 15 is 0 Å². The molecule has 6 heteroatoms. The van der Waals surface area contributed by atoms with Crippen LogP contribution in [0.1, 0.15) is 52.2 Å². The normalized spacial score (nSPS) is 13.7. The van der Waals surface area contributed by atoms with Crippen molar-refractivity contribution in [2.75, 3.05) is 5.32 Å². The second-order valence-corrected chi connectivity index (χ2v) is 7.36. The zero-order valence-electron chi connectivity index (χ0n) is 16.6. The minimum Gasteiger partial charge on any atom is -0.490 e. The van der Waals surface area contributed by atoms with E-state index in [2.05, 4.69) is 10.6 Å². The molecule has 4 rings (SSSR count). The van der Waals surface area contributed by atoms with Crippen molar-refractivity contribution in [2.24, 2.45) is 0 Å². The number of rotatable bonds is 7. The van der Waals surface area contributed by atoms with Crippen molar-refractivity contribution in [3.8, 4) is 5.75 Å². The van der Waals surface area contributed by atoms with Gasteiger partial charge in [0, 0.05) is 17.8 Å². The molecule has 30 heavy (non-hydrogen) atoms. The van der Waals surface area contributed by atoms with Gasteiger partial charge in [0.1, 0.15) is 5.75 Å². The van der Waals surface area contributed by atoms with E-state index in [4.69, 9.17) is 9.15 Å². The first kappa shape index (κ1) is 19.8. The van der Waals surface area contributed by atoms with E-state index < -0.39 is 0 Å². The number of nitrogens with one attached hydrogen (secondary N) is 2. The minimum absolute atomic E-state index is 0.160. The Morgan fingerprint density at radius 2 is 1.77 bits per heavy atom. The van der Waals surface area contributed by atoms with Gasteiger partial charge >= 0.3 is 0 Å². The molecule has 3 aromatic rings. The summed E-state index contributed by atoms with van der Waals surface area (Å²) >= 11 is 0. The lowest BCUT2D eigenvalue weighted by Crippen LogP contribution is -2.23. The van der Waals surface area contributed by atoms with E-state index in [1.807, 2.05) is 30.3 Å². The van der Waals surface area contributed by atoms with E-state index in [9.17, 15) is 9.59 Å². The number of carbonyl (C=O) groups excluding carboxylic acids is 2. The monoisotopic (exact) mass is 404 g/mol. The first-order valence-electron chi connectivity index (χ1n) is 10.2. The molecular formula is C24H24N2O4. The van der Waals surface area contributed by atoms with Crippen LogP contribution < -0.4 is 15.4 Å². The minimum atomic E-state index is -0.318. The van der Waals surface area contributed by atoms with E-state index in [0.717, 1.165) is 24.2 Å². The lowest BCUT2D eigenvalue weighted by molar-refractivity contribution is 0.0949. The number of anilines is 1. The summed E-state index contributed by atoms with van der Waals surface area (Å²) in [7, 11) is 0. The molecule has 1 fully saturated rings. The highest BCUT2D eigenvalue weighted by atomic mass is 16.5. The van der Waals surface area contributed by atoms with Gasteiger partial charge in [-0.15, -0.1) is 0 Å². The summed E-state index contributed by atoms with van der Waals surface area (Å²) in [5.41, 5.74) is 2.09. The maximum absolute atomic E-state index is 12.5. The highest BCUT2D eigenvalue weighted by molar-refractivity contribution is 6.02. The van der Waals surface area contributed by atoms with Crippen LogP contribution >= 0.6 is 0 Å². The Bertz CT molecular complexity index is 990. The molecule has 0 spiro atoms. The van der Waals surface area contributed by atoms with Crippen LogP contribution in [-0.2, 0) is 6.54 Å². The van der Waals surface area contributed by atoms with Gasteiger partial charge in [0.05, 0.1) is 12.4 Å². The molecule has 1 aliphatic rings. The number of furan rings is 1. The summed E-state index contributed by atoms with van der Waals surface area (Å²) in [6.45, 7) is 0.351. The highest BCUT2D eigenvalue weighted by Crippen LogP contribution is 2.24. The average Bonchev–Trinajstić information content (AvgIpc) is 3.47. The molecule has 0 bridgehead atoms. The topological polar surface area (TPSA) is 80.6 Å². The average molecular weight is 404 g/mol. The van der Waals surface area contributed by atoms with Crippen LogP contribution in [0.15, 0.2) is 71.3 Å². The summed E-state index contributed by atoms with van der Waals surface area (Å²) < 4.78 is 11.0. The van der Waals surface area contributed by atoms with Crippen LogP contribution in [0, 0.1) is 0 Å².